The molecule has 0 amide bonds. The van der Waals surface area contributed by atoms with E-state index < -0.39 is 0 Å². The van der Waals surface area contributed by atoms with Crippen molar-refractivity contribution in [2.75, 3.05) is 18.0 Å². The van der Waals surface area contributed by atoms with E-state index in [2.05, 4.69) is 41.2 Å². The number of aromatic nitrogens is 1. The van der Waals surface area contributed by atoms with Gasteiger partial charge < -0.3 is 10.2 Å². The number of nitrogens with zero attached hydrogens (tertiary/aromatic N) is 2. The minimum Gasteiger partial charge on any atom is -0.354 e. The molecule has 19 heavy (non-hydrogen) atoms. The second-order valence-electron chi connectivity index (χ2n) is 5.38. The van der Waals surface area contributed by atoms with Crippen molar-refractivity contribution < 1.29 is 0 Å². The van der Waals surface area contributed by atoms with Crippen LogP contribution in [0.15, 0.2) is 18.3 Å². The first-order valence-electron chi connectivity index (χ1n) is 7.77. The van der Waals surface area contributed by atoms with Gasteiger partial charge in [0.25, 0.3) is 0 Å². The zero-order valence-corrected chi connectivity index (χ0v) is 12.4. The summed E-state index contributed by atoms with van der Waals surface area (Å²) in [6, 6.07) is 5.09. The van der Waals surface area contributed by atoms with Crippen LogP contribution >= 0.6 is 0 Å². The van der Waals surface area contributed by atoms with Gasteiger partial charge in [-0.05, 0) is 37.9 Å². The summed E-state index contributed by atoms with van der Waals surface area (Å²) in [5.41, 5.74) is 1.27. The van der Waals surface area contributed by atoms with Crippen LogP contribution in [-0.4, -0.2) is 24.1 Å². The minimum absolute atomic E-state index is 0.700. The molecule has 0 atom stereocenters. The first kappa shape index (κ1) is 14.3. The van der Waals surface area contributed by atoms with Crippen molar-refractivity contribution in [2.24, 2.45) is 0 Å². The summed E-state index contributed by atoms with van der Waals surface area (Å²) in [4.78, 5) is 7.15. The number of hydrogen-bond acceptors (Lipinski definition) is 3. The molecule has 1 aromatic rings. The first-order valence-corrected chi connectivity index (χ1v) is 7.77. The van der Waals surface area contributed by atoms with Crippen LogP contribution in [0.3, 0.4) is 0 Å². The summed E-state index contributed by atoms with van der Waals surface area (Å²) in [5, 5.41) is 3.34. The average Bonchev–Trinajstić information content (AvgIpc) is 2.48. The lowest BCUT2D eigenvalue weighted by molar-refractivity contribution is 0.416. The van der Waals surface area contributed by atoms with E-state index in [0.717, 1.165) is 25.5 Å². The number of nitrogens with one attached hydrogen (secondary N) is 1. The van der Waals surface area contributed by atoms with Crippen LogP contribution in [0.25, 0.3) is 0 Å². The smallest absolute Gasteiger partial charge is 0.128 e. The number of anilines is 1. The third kappa shape index (κ3) is 3.93. The Hall–Kier alpha value is -1.09. The molecule has 1 saturated carbocycles. The van der Waals surface area contributed by atoms with Crippen molar-refractivity contribution in [2.45, 2.75) is 58.5 Å². The summed E-state index contributed by atoms with van der Waals surface area (Å²) < 4.78 is 0. The Kier molecular flexibility index (Phi) is 5.64. The molecular weight excluding hydrogens is 234 g/mol. The molecule has 1 fully saturated rings. The van der Waals surface area contributed by atoms with Crippen LogP contribution in [0.5, 0.6) is 0 Å². The maximum Gasteiger partial charge on any atom is 0.128 e. The van der Waals surface area contributed by atoms with E-state index in [4.69, 9.17) is 0 Å². The summed E-state index contributed by atoms with van der Waals surface area (Å²) in [6.07, 6.45) is 8.83. The second kappa shape index (κ2) is 7.49. The lowest BCUT2D eigenvalue weighted by Crippen LogP contribution is -2.37. The van der Waals surface area contributed by atoms with Gasteiger partial charge in [0.1, 0.15) is 5.82 Å². The van der Waals surface area contributed by atoms with E-state index in [1.807, 2.05) is 6.20 Å². The van der Waals surface area contributed by atoms with Crippen molar-refractivity contribution in [3.8, 4) is 0 Å². The molecule has 0 saturated heterocycles. The maximum atomic E-state index is 4.66. The van der Waals surface area contributed by atoms with Gasteiger partial charge in [0.2, 0.25) is 0 Å². The molecule has 0 radical (unpaired) electrons. The highest BCUT2D eigenvalue weighted by Gasteiger charge is 2.20. The predicted octanol–water partition coefficient (Wildman–Crippen LogP) is 3.35. The molecule has 3 heteroatoms. The highest BCUT2D eigenvalue weighted by Crippen LogP contribution is 2.26. The van der Waals surface area contributed by atoms with Crippen LogP contribution in [0, 0.1) is 0 Å². The van der Waals surface area contributed by atoms with E-state index in [1.165, 1.54) is 37.7 Å². The summed E-state index contributed by atoms with van der Waals surface area (Å²) in [5.74, 6) is 1.15. The molecule has 1 aromatic heterocycles. The number of pyridine rings is 1. The molecule has 0 bridgehead atoms. The van der Waals surface area contributed by atoms with E-state index in [0.29, 0.717) is 6.04 Å². The first-order chi connectivity index (χ1) is 9.35. The molecule has 3 nitrogen and oxygen atoms in total. The molecule has 0 aromatic carbocycles. The Bertz CT molecular complexity index is 355. The molecule has 1 aliphatic carbocycles. The molecule has 1 aliphatic rings. The lowest BCUT2D eigenvalue weighted by Gasteiger charge is -2.34. The minimum atomic E-state index is 0.700. The topological polar surface area (TPSA) is 28.2 Å². The summed E-state index contributed by atoms with van der Waals surface area (Å²) in [7, 11) is 0. The molecule has 0 unspecified atom stereocenters. The van der Waals surface area contributed by atoms with Crippen LogP contribution in [0.1, 0.15) is 51.5 Å². The van der Waals surface area contributed by atoms with Gasteiger partial charge in [-0.3, -0.25) is 0 Å². The Labute approximate surface area is 117 Å². The normalized spacial score (nSPS) is 16.5. The fourth-order valence-electron chi connectivity index (χ4n) is 2.96. The third-order valence-corrected chi connectivity index (χ3v) is 4.04. The molecule has 1 heterocycles. The fourth-order valence-corrected chi connectivity index (χ4v) is 2.96. The lowest BCUT2D eigenvalue weighted by atomic mass is 9.94. The van der Waals surface area contributed by atoms with Gasteiger partial charge in [-0.2, -0.15) is 0 Å². The van der Waals surface area contributed by atoms with Crippen molar-refractivity contribution in [3.05, 3.63) is 23.9 Å². The number of hydrogen-bond donors (Lipinski definition) is 1. The molecule has 1 N–H and O–H groups in total. The Balaban J connectivity index is 2.01. The average molecular weight is 261 g/mol. The van der Waals surface area contributed by atoms with Crippen molar-refractivity contribution in [3.63, 3.8) is 0 Å². The van der Waals surface area contributed by atoms with Crippen molar-refractivity contribution >= 4 is 5.82 Å². The van der Waals surface area contributed by atoms with E-state index in [-0.39, 0.29) is 0 Å². The van der Waals surface area contributed by atoms with E-state index in [9.17, 15) is 0 Å². The van der Waals surface area contributed by atoms with Gasteiger partial charge in [0.05, 0.1) is 0 Å². The summed E-state index contributed by atoms with van der Waals surface area (Å²) >= 11 is 0. The molecular formula is C16H27N3. The highest BCUT2D eigenvalue weighted by atomic mass is 15.2. The molecule has 0 spiro atoms. The molecule has 0 aliphatic heterocycles. The van der Waals surface area contributed by atoms with Crippen LogP contribution in [-0.2, 0) is 6.54 Å². The zero-order chi connectivity index (χ0) is 13.5. The van der Waals surface area contributed by atoms with E-state index in [1.54, 1.807) is 0 Å². The molecule has 106 valence electrons. The highest BCUT2D eigenvalue weighted by molar-refractivity contribution is 5.40. The Morgan fingerprint density at radius 3 is 2.58 bits per heavy atom. The predicted molar refractivity (Wildman–Crippen MR) is 81.5 cm³/mol. The van der Waals surface area contributed by atoms with Gasteiger partial charge >= 0.3 is 0 Å². The van der Waals surface area contributed by atoms with Crippen molar-refractivity contribution in [1.29, 1.82) is 0 Å². The third-order valence-electron chi connectivity index (χ3n) is 4.04. The van der Waals surface area contributed by atoms with Crippen LogP contribution in [0.4, 0.5) is 5.82 Å². The van der Waals surface area contributed by atoms with Gasteiger partial charge in [0, 0.05) is 25.3 Å². The second-order valence-corrected chi connectivity index (χ2v) is 5.38. The standard InChI is InChI=1S/C16H27N3/c1-3-17-12-14-10-11-16(18-13-14)19(4-2)15-8-6-5-7-9-15/h10-11,13,15,17H,3-9,12H2,1-2H3. The van der Waals surface area contributed by atoms with Crippen molar-refractivity contribution in [1.82, 2.24) is 10.3 Å². The van der Waals surface area contributed by atoms with Gasteiger partial charge in [-0.15, -0.1) is 0 Å². The Morgan fingerprint density at radius 1 is 1.21 bits per heavy atom. The quantitative estimate of drug-likeness (QED) is 0.851. The van der Waals surface area contributed by atoms with Gasteiger partial charge in [0.15, 0.2) is 0 Å². The van der Waals surface area contributed by atoms with E-state index >= 15 is 0 Å². The SMILES string of the molecule is CCNCc1ccc(N(CC)C2CCCCC2)nc1. The van der Waals surface area contributed by atoms with Gasteiger partial charge in [-0.25, -0.2) is 4.98 Å². The largest absolute Gasteiger partial charge is 0.354 e. The summed E-state index contributed by atoms with van der Waals surface area (Å²) in [6.45, 7) is 7.35. The number of rotatable bonds is 6. The van der Waals surface area contributed by atoms with Crippen LogP contribution < -0.4 is 10.2 Å². The monoisotopic (exact) mass is 261 g/mol. The van der Waals surface area contributed by atoms with Crippen LogP contribution in [0.2, 0.25) is 0 Å². The van der Waals surface area contributed by atoms with Gasteiger partial charge in [-0.1, -0.05) is 32.3 Å². The maximum absolute atomic E-state index is 4.66. The zero-order valence-electron chi connectivity index (χ0n) is 12.4. The fraction of sp³-hybridized carbons (Fsp3) is 0.688. The Morgan fingerprint density at radius 2 is 2.00 bits per heavy atom. The molecule has 2 rings (SSSR count).